The van der Waals surface area contributed by atoms with Crippen LogP contribution in [-0.2, 0) is 24.3 Å². The van der Waals surface area contributed by atoms with Gasteiger partial charge in [-0.25, -0.2) is 14.0 Å². The van der Waals surface area contributed by atoms with Gasteiger partial charge in [-0.05, 0) is 69.3 Å². The zero-order valence-corrected chi connectivity index (χ0v) is 27.1. The van der Waals surface area contributed by atoms with Crippen molar-refractivity contribution in [3.63, 3.8) is 0 Å². The van der Waals surface area contributed by atoms with Gasteiger partial charge in [-0.3, -0.25) is 19.2 Å². The number of hydrogen-bond acceptors (Lipinski definition) is 9. The molecule has 18 heteroatoms. The number of nitrogens with one attached hydrogen (secondary N) is 2. The molecule has 4 rings (SSSR count). The summed E-state index contributed by atoms with van der Waals surface area (Å²) >= 11 is 0. The number of piperazine rings is 1. The van der Waals surface area contributed by atoms with E-state index in [0.717, 1.165) is 29.2 Å². The number of alkyl carbamates (subject to hydrolysis) is 1. The minimum atomic E-state index is -5.62. The Balaban J connectivity index is 1.24. The third-order valence-electron chi connectivity index (χ3n) is 7.24. The number of rotatable bonds is 10. The van der Waals surface area contributed by atoms with E-state index in [2.05, 4.69) is 5.32 Å². The maximum absolute atomic E-state index is 15.1. The third-order valence-corrected chi connectivity index (χ3v) is 8.36. The van der Waals surface area contributed by atoms with E-state index in [-0.39, 0.29) is 44.6 Å². The van der Waals surface area contributed by atoms with E-state index in [4.69, 9.17) is 9.47 Å². The molecule has 48 heavy (non-hydrogen) atoms. The van der Waals surface area contributed by atoms with Crippen molar-refractivity contribution in [2.24, 2.45) is 0 Å². The quantitative estimate of drug-likeness (QED) is 0.208. The summed E-state index contributed by atoms with van der Waals surface area (Å²) in [5, 5.41) is 2.57. The molecule has 1 unspecified atom stereocenters. The molecule has 0 radical (unpaired) electrons. The zero-order chi connectivity index (χ0) is 35.4. The monoisotopic (exact) mass is 701 g/mol. The van der Waals surface area contributed by atoms with Crippen molar-refractivity contribution in [1.82, 2.24) is 10.2 Å². The van der Waals surface area contributed by atoms with Crippen molar-refractivity contribution < 1.29 is 54.6 Å². The fourth-order valence-electron chi connectivity index (χ4n) is 4.89. The molecule has 0 bridgehead atoms. The van der Waals surface area contributed by atoms with Crippen LogP contribution < -0.4 is 19.8 Å². The van der Waals surface area contributed by atoms with Crippen LogP contribution in [0.4, 0.5) is 44.2 Å². The van der Waals surface area contributed by atoms with Gasteiger partial charge < -0.3 is 24.6 Å². The first-order valence-corrected chi connectivity index (χ1v) is 16.3. The minimum absolute atomic E-state index is 0.0365. The van der Waals surface area contributed by atoms with Crippen LogP contribution in [0.3, 0.4) is 0 Å². The summed E-state index contributed by atoms with van der Waals surface area (Å²) in [6.45, 7) is 5.64. The number of cyclic esters (lactones) is 1. The smallest absolute Gasteiger partial charge is 0.444 e. The molecular weight excluding hydrogens is 666 g/mol. The lowest BCUT2D eigenvalue weighted by Gasteiger charge is -2.38. The summed E-state index contributed by atoms with van der Waals surface area (Å²) < 4.78 is 87.1. The van der Waals surface area contributed by atoms with E-state index < -0.39 is 63.1 Å². The summed E-state index contributed by atoms with van der Waals surface area (Å²) in [6, 6.07) is 11.0. The van der Waals surface area contributed by atoms with Crippen molar-refractivity contribution in [2.75, 3.05) is 47.2 Å². The Bertz CT molecular complexity index is 1620. The van der Waals surface area contributed by atoms with Gasteiger partial charge in [-0.15, -0.1) is 0 Å². The Morgan fingerprint density at radius 1 is 0.938 bits per heavy atom. The highest BCUT2D eigenvalue weighted by atomic mass is 32.2. The number of ketones is 1. The van der Waals surface area contributed by atoms with Crippen LogP contribution in [0.1, 0.15) is 44.0 Å². The summed E-state index contributed by atoms with van der Waals surface area (Å²) in [4.78, 5) is 53.8. The second-order valence-electron chi connectivity index (χ2n) is 12.0. The molecule has 2 heterocycles. The van der Waals surface area contributed by atoms with Gasteiger partial charge in [0.2, 0.25) is 5.91 Å². The molecule has 0 spiro atoms. The number of alkyl halides is 4. The maximum Gasteiger partial charge on any atom is 0.516 e. The molecule has 3 amide bonds. The topological polar surface area (TPSA) is 155 Å². The fourth-order valence-corrected chi connectivity index (χ4v) is 5.46. The number of halogens is 4. The van der Waals surface area contributed by atoms with Gasteiger partial charge in [-0.2, -0.15) is 21.6 Å². The first-order valence-electron chi connectivity index (χ1n) is 14.8. The summed E-state index contributed by atoms with van der Waals surface area (Å²) in [5.41, 5.74) is -5.34. The normalized spacial score (nSPS) is 18.7. The average molecular weight is 702 g/mol. The standard InChI is InChI=1S/C30H35F4N5O8S/c1-29(2,3)47-27(42)35-16-23-17-39(28(43)46-23)22-10-8-21(9-11-22)37-14-15-38(25(31)18-37)26(41)13-12-24(40)19-4-6-20(7-5-19)36-48(44,45)30(32,33)34/h4-11,23,25,36H,12-18H2,1-3H3,(H,35,42)/t23-,25?/m0/s1. The van der Waals surface area contributed by atoms with Gasteiger partial charge in [0.25, 0.3) is 0 Å². The lowest BCUT2D eigenvalue weighted by molar-refractivity contribution is -0.137. The van der Waals surface area contributed by atoms with E-state index in [1.54, 1.807) is 49.9 Å². The Labute approximate surface area is 274 Å². The molecule has 2 saturated heterocycles. The number of amides is 3. The molecule has 2 aliphatic rings. The summed E-state index contributed by atoms with van der Waals surface area (Å²) in [6.07, 6.45) is -4.08. The predicted octanol–water partition coefficient (Wildman–Crippen LogP) is 4.41. The molecule has 0 aromatic heterocycles. The minimum Gasteiger partial charge on any atom is -0.444 e. The molecule has 2 fully saturated rings. The van der Waals surface area contributed by atoms with Crippen molar-refractivity contribution in [2.45, 2.75) is 57.1 Å². The van der Waals surface area contributed by atoms with Gasteiger partial charge in [-0.1, -0.05) is 0 Å². The number of anilines is 3. The van der Waals surface area contributed by atoms with E-state index in [1.165, 1.54) is 9.62 Å². The summed E-state index contributed by atoms with van der Waals surface area (Å²) in [5.74, 6) is -1.13. The largest absolute Gasteiger partial charge is 0.516 e. The van der Waals surface area contributed by atoms with Crippen LogP contribution in [0.15, 0.2) is 48.5 Å². The zero-order valence-electron chi connectivity index (χ0n) is 26.3. The number of ether oxygens (including phenoxy) is 2. The highest BCUT2D eigenvalue weighted by Crippen LogP contribution is 2.28. The third kappa shape index (κ3) is 9.26. The molecule has 0 aliphatic carbocycles. The van der Waals surface area contributed by atoms with E-state index >= 15 is 4.39 Å². The van der Waals surface area contributed by atoms with Crippen molar-refractivity contribution >= 4 is 51.0 Å². The van der Waals surface area contributed by atoms with Crippen LogP contribution >= 0.6 is 0 Å². The second-order valence-corrected chi connectivity index (χ2v) is 13.7. The number of hydrogen-bond donors (Lipinski definition) is 2. The van der Waals surface area contributed by atoms with E-state index in [1.807, 2.05) is 0 Å². The molecule has 262 valence electrons. The molecule has 2 N–H and O–H groups in total. The Morgan fingerprint density at radius 2 is 1.56 bits per heavy atom. The van der Waals surface area contributed by atoms with Crippen molar-refractivity contribution in [3.8, 4) is 0 Å². The van der Waals surface area contributed by atoms with Gasteiger partial charge in [0.15, 0.2) is 12.1 Å². The van der Waals surface area contributed by atoms with E-state index in [0.29, 0.717) is 17.9 Å². The molecular formula is C30H35F4N5O8S. The number of carbonyl (C=O) groups is 4. The second kappa shape index (κ2) is 14.2. The number of sulfonamides is 1. The number of carbonyl (C=O) groups excluding carboxylic acids is 4. The van der Waals surface area contributed by atoms with Gasteiger partial charge >= 0.3 is 27.7 Å². The van der Waals surface area contributed by atoms with Gasteiger partial charge in [0.05, 0.1) is 19.6 Å². The highest BCUT2D eigenvalue weighted by molar-refractivity contribution is 7.93. The van der Waals surface area contributed by atoms with Crippen LogP contribution in [0.2, 0.25) is 0 Å². The van der Waals surface area contributed by atoms with Crippen LogP contribution in [0.5, 0.6) is 0 Å². The average Bonchev–Trinajstić information content (AvgIpc) is 3.37. The van der Waals surface area contributed by atoms with E-state index in [9.17, 15) is 40.8 Å². The van der Waals surface area contributed by atoms with Crippen LogP contribution in [0.25, 0.3) is 0 Å². The number of nitrogens with zero attached hydrogens (tertiary/aromatic N) is 3. The van der Waals surface area contributed by atoms with Crippen molar-refractivity contribution in [1.29, 1.82) is 0 Å². The first kappa shape index (κ1) is 36.2. The molecule has 0 saturated carbocycles. The number of benzene rings is 2. The van der Waals surface area contributed by atoms with Crippen LogP contribution in [0, 0.1) is 0 Å². The van der Waals surface area contributed by atoms with Crippen LogP contribution in [-0.4, -0.2) is 93.4 Å². The Morgan fingerprint density at radius 3 is 2.15 bits per heavy atom. The highest BCUT2D eigenvalue weighted by Gasteiger charge is 2.46. The molecule has 2 atom stereocenters. The maximum atomic E-state index is 15.1. The Kier molecular flexibility index (Phi) is 10.8. The molecule has 2 aromatic carbocycles. The molecule has 13 nitrogen and oxygen atoms in total. The Hall–Kier alpha value is -4.61. The molecule has 2 aliphatic heterocycles. The lowest BCUT2D eigenvalue weighted by atomic mass is 10.1. The predicted molar refractivity (Wildman–Crippen MR) is 166 cm³/mol. The summed E-state index contributed by atoms with van der Waals surface area (Å²) in [7, 11) is -5.62. The number of Topliss-reactive ketones (excluding diaryl/α,β-unsaturated/α-hetero) is 1. The molecule has 2 aromatic rings. The SMILES string of the molecule is CC(C)(C)OC(=O)NC[C@H]1CN(c2ccc(N3CCN(C(=O)CCC(=O)c4ccc(NS(=O)(=O)C(F)(F)F)cc4)C(F)C3)cc2)C(=O)O1. The van der Waals surface area contributed by atoms with Crippen molar-refractivity contribution in [3.05, 3.63) is 54.1 Å². The van der Waals surface area contributed by atoms with Gasteiger partial charge in [0.1, 0.15) is 11.7 Å². The lowest BCUT2D eigenvalue weighted by Crippen LogP contribution is -2.53. The fraction of sp³-hybridized carbons (Fsp3) is 0.467. The van der Waals surface area contributed by atoms with Gasteiger partial charge in [0, 0.05) is 48.6 Å². The first-order chi connectivity index (χ1) is 22.3.